The van der Waals surface area contributed by atoms with Gasteiger partial charge in [-0.25, -0.2) is 5.10 Å². The van der Waals surface area contributed by atoms with Crippen LogP contribution < -0.4 is 5.32 Å². The number of aromatic amines is 1. The smallest absolute Gasteiger partial charge is 0.311 e. The number of carboxylic acid groups (broad SMARTS) is 1. The van der Waals surface area contributed by atoms with Crippen molar-refractivity contribution >= 4 is 23.5 Å². The van der Waals surface area contributed by atoms with Crippen molar-refractivity contribution in [1.82, 2.24) is 20.5 Å². The molecule has 31 heavy (non-hydrogen) atoms. The molecule has 4 N–H and O–H groups in total. The van der Waals surface area contributed by atoms with Crippen LogP contribution in [0.3, 0.4) is 0 Å². The van der Waals surface area contributed by atoms with E-state index in [4.69, 9.17) is 11.6 Å². The highest BCUT2D eigenvalue weighted by Gasteiger charge is 2.36. The van der Waals surface area contributed by atoms with E-state index >= 15 is 0 Å². The van der Waals surface area contributed by atoms with Crippen molar-refractivity contribution in [3.8, 4) is 11.1 Å². The summed E-state index contributed by atoms with van der Waals surface area (Å²) >= 11 is 5.69. The maximum Gasteiger partial charge on any atom is 0.311 e. The number of aliphatic hydroxyl groups excluding tert-OH is 1. The first kappa shape index (κ1) is 22.5. The molecule has 1 heterocycles. The van der Waals surface area contributed by atoms with Crippen LogP contribution in [0.5, 0.6) is 0 Å². The Balaban J connectivity index is 1.80. The van der Waals surface area contributed by atoms with Crippen LogP contribution in [0, 0.1) is 5.41 Å². The highest BCUT2D eigenvalue weighted by molar-refractivity contribution is 6.28. The van der Waals surface area contributed by atoms with E-state index in [0.29, 0.717) is 6.42 Å². The summed E-state index contributed by atoms with van der Waals surface area (Å²) in [5, 5.41) is 28.0. The molecule has 0 spiro atoms. The minimum absolute atomic E-state index is 0.0170. The SMILES string of the molecule is C[C@@](CO)(C[C@@H](Cc1ccc(-c2ccccc2)cc1)NC(=O)c1n[nH]c(Cl)n1)C(=O)O. The molecule has 0 fully saturated rings. The molecule has 0 saturated heterocycles. The molecule has 0 aliphatic carbocycles. The maximum absolute atomic E-state index is 12.5. The second-order valence-electron chi connectivity index (χ2n) is 7.62. The fourth-order valence-corrected chi connectivity index (χ4v) is 3.40. The summed E-state index contributed by atoms with van der Waals surface area (Å²) in [5.74, 6) is -1.87. The molecule has 162 valence electrons. The lowest BCUT2D eigenvalue weighted by Gasteiger charge is -2.28. The molecule has 0 unspecified atom stereocenters. The Morgan fingerprint density at radius 1 is 1.13 bits per heavy atom. The van der Waals surface area contributed by atoms with Crippen molar-refractivity contribution < 1.29 is 19.8 Å². The van der Waals surface area contributed by atoms with Crippen LogP contribution in [-0.2, 0) is 11.2 Å². The van der Waals surface area contributed by atoms with E-state index in [-0.39, 0.29) is 17.5 Å². The van der Waals surface area contributed by atoms with Crippen LogP contribution in [0.4, 0.5) is 0 Å². The first-order chi connectivity index (χ1) is 14.8. The number of aliphatic hydroxyl groups is 1. The van der Waals surface area contributed by atoms with Crippen LogP contribution in [0.15, 0.2) is 54.6 Å². The van der Waals surface area contributed by atoms with Crippen LogP contribution in [-0.4, -0.2) is 49.9 Å². The second-order valence-corrected chi connectivity index (χ2v) is 7.97. The highest BCUT2D eigenvalue weighted by Crippen LogP contribution is 2.26. The molecule has 1 amide bonds. The molecular formula is C22H23ClN4O4. The number of aromatic nitrogens is 3. The summed E-state index contributed by atoms with van der Waals surface area (Å²) in [6, 6.07) is 17.1. The van der Waals surface area contributed by atoms with E-state index in [9.17, 15) is 19.8 Å². The van der Waals surface area contributed by atoms with E-state index in [2.05, 4.69) is 20.5 Å². The molecule has 0 aliphatic heterocycles. The van der Waals surface area contributed by atoms with Gasteiger partial charge in [-0.2, -0.15) is 4.98 Å². The third-order valence-electron chi connectivity index (χ3n) is 5.10. The number of hydrogen-bond donors (Lipinski definition) is 4. The quantitative estimate of drug-likeness (QED) is 0.403. The fraction of sp³-hybridized carbons (Fsp3) is 0.273. The Morgan fingerprint density at radius 3 is 2.32 bits per heavy atom. The first-order valence-corrected chi connectivity index (χ1v) is 10.1. The molecule has 2 atom stereocenters. The number of carbonyl (C=O) groups is 2. The summed E-state index contributed by atoms with van der Waals surface area (Å²) in [6.45, 7) is 0.880. The third-order valence-corrected chi connectivity index (χ3v) is 5.27. The van der Waals surface area contributed by atoms with Gasteiger partial charge in [0.1, 0.15) is 0 Å². The van der Waals surface area contributed by atoms with Gasteiger partial charge in [0.25, 0.3) is 5.91 Å². The van der Waals surface area contributed by atoms with Gasteiger partial charge in [0.05, 0.1) is 12.0 Å². The number of rotatable bonds is 9. The van der Waals surface area contributed by atoms with Gasteiger partial charge < -0.3 is 15.5 Å². The number of carbonyl (C=O) groups excluding carboxylic acids is 1. The summed E-state index contributed by atoms with van der Waals surface area (Å²) < 4.78 is 0. The molecule has 1 aromatic heterocycles. The first-order valence-electron chi connectivity index (χ1n) is 9.68. The molecule has 9 heteroatoms. The molecule has 0 radical (unpaired) electrons. The molecule has 2 aromatic carbocycles. The van der Waals surface area contributed by atoms with E-state index in [1.807, 2.05) is 54.6 Å². The maximum atomic E-state index is 12.5. The third kappa shape index (κ3) is 5.68. The number of H-pyrrole nitrogens is 1. The monoisotopic (exact) mass is 442 g/mol. The molecular weight excluding hydrogens is 420 g/mol. The second kappa shape index (κ2) is 9.72. The number of nitrogens with zero attached hydrogens (tertiary/aromatic N) is 2. The number of aliphatic carboxylic acids is 1. The van der Waals surface area contributed by atoms with Crippen LogP contribution >= 0.6 is 11.6 Å². The van der Waals surface area contributed by atoms with Gasteiger partial charge in [-0.15, -0.1) is 5.10 Å². The summed E-state index contributed by atoms with van der Waals surface area (Å²) in [5.41, 5.74) is 1.62. The van der Waals surface area contributed by atoms with E-state index in [1.165, 1.54) is 6.92 Å². The number of carboxylic acids is 1. The van der Waals surface area contributed by atoms with Gasteiger partial charge in [0, 0.05) is 6.04 Å². The molecule has 3 rings (SSSR count). The number of benzene rings is 2. The Labute approximate surface area is 184 Å². The predicted molar refractivity (Wildman–Crippen MR) is 116 cm³/mol. The van der Waals surface area contributed by atoms with E-state index < -0.39 is 29.9 Å². The minimum Gasteiger partial charge on any atom is -0.481 e. The average Bonchev–Trinajstić information content (AvgIpc) is 3.21. The van der Waals surface area contributed by atoms with Crippen LogP contribution in [0.2, 0.25) is 5.28 Å². The molecule has 0 bridgehead atoms. The molecule has 0 saturated carbocycles. The van der Waals surface area contributed by atoms with Gasteiger partial charge >= 0.3 is 5.97 Å². The van der Waals surface area contributed by atoms with Crippen molar-refractivity contribution in [2.75, 3.05) is 6.61 Å². The van der Waals surface area contributed by atoms with Gasteiger partial charge in [0.2, 0.25) is 11.1 Å². The fourth-order valence-electron chi connectivity index (χ4n) is 3.28. The number of hydrogen-bond acceptors (Lipinski definition) is 5. The lowest BCUT2D eigenvalue weighted by atomic mass is 9.82. The van der Waals surface area contributed by atoms with E-state index in [1.54, 1.807) is 0 Å². The van der Waals surface area contributed by atoms with Crippen molar-refractivity contribution in [2.24, 2.45) is 5.41 Å². The van der Waals surface area contributed by atoms with E-state index in [0.717, 1.165) is 16.7 Å². The lowest BCUT2D eigenvalue weighted by Crippen LogP contribution is -2.44. The van der Waals surface area contributed by atoms with Gasteiger partial charge in [-0.3, -0.25) is 9.59 Å². The summed E-state index contributed by atoms with van der Waals surface area (Å²) in [6.07, 6.45) is 0.380. The number of nitrogens with one attached hydrogen (secondary N) is 2. The topological polar surface area (TPSA) is 128 Å². The Hall–Kier alpha value is -3.23. The van der Waals surface area contributed by atoms with Crippen molar-refractivity contribution in [1.29, 1.82) is 0 Å². The Kier molecular flexibility index (Phi) is 7.04. The van der Waals surface area contributed by atoms with Crippen LogP contribution in [0.25, 0.3) is 11.1 Å². The van der Waals surface area contributed by atoms with Crippen molar-refractivity contribution in [2.45, 2.75) is 25.8 Å². The Bertz CT molecular complexity index is 1040. The minimum atomic E-state index is -1.42. The predicted octanol–water partition coefficient (Wildman–Crippen LogP) is 2.94. The lowest BCUT2D eigenvalue weighted by molar-refractivity contribution is -0.151. The van der Waals surface area contributed by atoms with Gasteiger partial charge in [-0.05, 0) is 48.1 Å². The van der Waals surface area contributed by atoms with Gasteiger partial charge in [0.15, 0.2) is 0 Å². The summed E-state index contributed by atoms with van der Waals surface area (Å²) in [4.78, 5) is 28.0. The zero-order valence-corrected chi connectivity index (χ0v) is 17.6. The largest absolute Gasteiger partial charge is 0.481 e. The summed E-state index contributed by atoms with van der Waals surface area (Å²) in [7, 11) is 0. The number of amides is 1. The van der Waals surface area contributed by atoms with Crippen molar-refractivity contribution in [3.63, 3.8) is 0 Å². The Morgan fingerprint density at radius 2 is 1.77 bits per heavy atom. The number of halogens is 1. The van der Waals surface area contributed by atoms with Gasteiger partial charge in [-0.1, -0.05) is 54.6 Å². The highest BCUT2D eigenvalue weighted by atomic mass is 35.5. The average molecular weight is 443 g/mol. The molecule has 8 nitrogen and oxygen atoms in total. The van der Waals surface area contributed by atoms with Crippen LogP contribution in [0.1, 0.15) is 29.5 Å². The normalized spacial score (nSPS) is 13.9. The zero-order chi connectivity index (χ0) is 22.4. The molecule has 0 aliphatic rings. The molecule has 3 aromatic rings. The van der Waals surface area contributed by atoms with Crippen molar-refractivity contribution in [3.05, 3.63) is 71.3 Å². The standard InChI is InChI=1S/C22H23ClN4O4/c1-22(13-28,20(30)31)12-17(24-19(29)18-25-21(23)27-26-18)11-14-7-9-16(10-8-14)15-5-3-2-4-6-15/h2-10,17,28H,11-13H2,1H3,(H,24,29)(H,30,31)(H,25,26,27)/t17-,22+/m1/s1. The zero-order valence-electron chi connectivity index (χ0n) is 16.9.